The summed E-state index contributed by atoms with van der Waals surface area (Å²) in [5, 5.41) is 14.4. The van der Waals surface area contributed by atoms with Crippen LogP contribution in [0.25, 0.3) is 10.7 Å². The maximum absolute atomic E-state index is 12.5. The van der Waals surface area contributed by atoms with E-state index in [-0.39, 0.29) is 11.3 Å². The second-order valence-electron chi connectivity index (χ2n) is 7.16. The lowest BCUT2D eigenvalue weighted by molar-refractivity contribution is -0.113. The number of aromatic nitrogens is 3. The Balaban J connectivity index is 1.69. The molecule has 0 unspecified atom stereocenters. The number of thioether (sulfide) groups is 1. The number of amides is 1. The lowest BCUT2D eigenvalue weighted by Gasteiger charge is -2.22. The van der Waals surface area contributed by atoms with E-state index in [0.717, 1.165) is 33.7 Å². The Hall–Kier alpha value is -2.12. The summed E-state index contributed by atoms with van der Waals surface area (Å²) in [6.07, 6.45) is 0. The molecule has 0 spiro atoms. The van der Waals surface area contributed by atoms with Crippen LogP contribution >= 0.6 is 23.1 Å². The van der Waals surface area contributed by atoms with Gasteiger partial charge in [0, 0.05) is 12.2 Å². The third-order valence-electron chi connectivity index (χ3n) is 4.12. The van der Waals surface area contributed by atoms with E-state index in [2.05, 4.69) is 49.3 Å². The van der Waals surface area contributed by atoms with Crippen molar-refractivity contribution >= 4 is 34.7 Å². The van der Waals surface area contributed by atoms with Crippen molar-refractivity contribution in [2.45, 2.75) is 44.8 Å². The van der Waals surface area contributed by atoms with Crippen LogP contribution in [0.2, 0.25) is 0 Å². The Kier molecular flexibility index (Phi) is 6.01. The number of nitrogens with zero attached hydrogens (tertiary/aromatic N) is 3. The Morgan fingerprint density at radius 1 is 1.19 bits per heavy atom. The normalized spacial score (nSPS) is 11.6. The number of hydrogen-bond acceptors (Lipinski definition) is 5. The Morgan fingerprint density at radius 3 is 2.63 bits per heavy atom. The van der Waals surface area contributed by atoms with Crippen LogP contribution in [-0.2, 0) is 16.8 Å². The summed E-state index contributed by atoms with van der Waals surface area (Å²) in [5.74, 6) is 1.11. The summed E-state index contributed by atoms with van der Waals surface area (Å²) in [6, 6.07) is 12.0. The van der Waals surface area contributed by atoms with Gasteiger partial charge in [-0.3, -0.25) is 4.79 Å². The first-order valence-corrected chi connectivity index (χ1v) is 10.8. The van der Waals surface area contributed by atoms with Crippen LogP contribution in [0.15, 0.2) is 46.9 Å². The molecule has 0 aliphatic rings. The van der Waals surface area contributed by atoms with Crippen molar-refractivity contribution in [3.05, 3.63) is 47.3 Å². The van der Waals surface area contributed by atoms with E-state index < -0.39 is 0 Å². The molecule has 7 heteroatoms. The molecule has 0 aliphatic heterocycles. The fourth-order valence-electron chi connectivity index (χ4n) is 2.83. The van der Waals surface area contributed by atoms with Gasteiger partial charge < -0.3 is 9.88 Å². The predicted octanol–water partition coefficient (Wildman–Crippen LogP) is 5.05. The molecule has 2 aromatic heterocycles. The molecule has 1 aromatic carbocycles. The van der Waals surface area contributed by atoms with Gasteiger partial charge in [-0.15, -0.1) is 21.5 Å². The SMILES string of the molecule is CCn1c(SCC(=O)Nc2ccccc2C(C)(C)C)nnc1-c1cccs1. The number of anilines is 1. The van der Waals surface area contributed by atoms with Gasteiger partial charge >= 0.3 is 0 Å². The van der Waals surface area contributed by atoms with Crippen LogP contribution in [-0.4, -0.2) is 26.4 Å². The lowest BCUT2D eigenvalue weighted by atomic mass is 9.86. The minimum atomic E-state index is -0.0416. The molecule has 0 radical (unpaired) electrons. The Labute approximate surface area is 168 Å². The fourth-order valence-corrected chi connectivity index (χ4v) is 4.35. The molecule has 0 saturated heterocycles. The predicted molar refractivity (Wildman–Crippen MR) is 114 cm³/mol. The van der Waals surface area contributed by atoms with Gasteiger partial charge in [-0.2, -0.15) is 0 Å². The number of hydrogen-bond donors (Lipinski definition) is 1. The van der Waals surface area contributed by atoms with Crippen LogP contribution in [0.4, 0.5) is 5.69 Å². The molecule has 27 heavy (non-hydrogen) atoms. The van der Waals surface area contributed by atoms with E-state index in [9.17, 15) is 4.79 Å². The number of rotatable bonds is 6. The molecule has 5 nitrogen and oxygen atoms in total. The third-order valence-corrected chi connectivity index (χ3v) is 5.95. The zero-order valence-electron chi connectivity index (χ0n) is 16.0. The minimum Gasteiger partial charge on any atom is -0.325 e. The zero-order chi connectivity index (χ0) is 19.4. The highest BCUT2D eigenvalue weighted by atomic mass is 32.2. The van der Waals surface area contributed by atoms with Crippen LogP contribution in [0, 0.1) is 0 Å². The lowest BCUT2D eigenvalue weighted by Crippen LogP contribution is -2.20. The van der Waals surface area contributed by atoms with Crippen LogP contribution in [0.5, 0.6) is 0 Å². The molecule has 2 heterocycles. The Bertz CT molecular complexity index is 910. The van der Waals surface area contributed by atoms with Crippen molar-refractivity contribution < 1.29 is 4.79 Å². The molecule has 3 rings (SSSR count). The Morgan fingerprint density at radius 2 is 1.96 bits per heavy atom. The molecule has 0 saturated carbocycles. The molecular formula is C20H24N4OS2. The van der Waals surface area contributed by atoms with Crippen molar-refractivity contribution in [2.24, 2.45) is 0 Å². The largest absolute Gasteiger partial charge is 0.325 e. The van der Waals surface area contributed by atoms with Crippen LogP contribution in [0.3, 0.4) is 0 Å². The van der Waals surface area contributed by atoms with Crippen molar-refractivity contribution in [3.8, 4) is 10.7 Å². The average Bonchev–Trinajstić information content (AvgIpc) is 3.28. The first-order chi connectivity index (χ1) is 12.9. The smallest absolute Gasteiger partial charge is 0.234 e. The van der Waals surface area contributed by atoms with Crippen molar-refractivity contribution in [3.63, 3.8) is 0 Å². The van der Waals surface area contributed by atoms with Gasteiger partial charge in [0.15, 0.2) is 11.0 Å². The molecular weight excluding hydrogens is 376 g/mol. The maximum atomic E-state index is 12.5. The number of nitrogens with one attached hydrogen (secondary N) is 1. The number of carbonyl (C=O) groups is 1. The van der Waals surface area contributed by atoms with Gasteiger partial charge in [0.1, 0.15) is 0 Å². The third kappa shape index (κ3) is 4.59. The monoisotopic (exact) mass is 400 g/mol. The summed E-state index contributed by atoms with van der Waals surface area (Å²) in [6.45, 7) is 9.24. The molecule has 142 valence electrons. The van der Waals surface area contributed by atoms with E-state index in [1.165, 1.54) is 11.8 Å². The summed E-state index contributed by atoms with van der Waals surface area (Å²) in [4.78, 5) is 13.6. The first kappa shape index (κ1) is 19.6. The summed E-state index contributed by atoms with van der Waals surface area (Å²) < 4.78 is 2.05. The zero-order valence-corrected chi connectivity index (χ0v) is 17.7. The average molecular weight is 401 g/mol. The van der Waals surface area contributed by atoms with Gasteiger partial charge in [0.05, 0.1) is 10.6 Å². The number of para-hydroxylation sites is 1. The first-order valence-electron chi connectivity index (χ1n) is 8.89. The van der Waals surface area contributed by atoms with Crippen molar-refractivity contribution in [2.75, 3.05) is 11.1 Å². The quantitative estimate of drug-likeness (QED) is 0.588. The number of benzene rings is 1. The van der Waals surface area contributed by atoms with Gasteiger partial charge in [-0.25, -0.2) is 0 Å². The fraction of sp³-hybridized carbons (Fsp3) is 0.350. The topological polar surface area (TPSA) is 59.8 Å². The van der Waals surface area contributed by atoms with E-state index in [0.29, 0.717) is 5.75 Å². The van der Waals surface area contributed by atoms with Crippen molar-refractivity contribution in [1.82, 2.24) is 14.8 Å². The van der Waals surface area contributed by atoms with E-state index in [1.54, 1.807) is 11.3 Å². The highest BCUT2D eigenvalue weighted by Gasteiger charge is 2.19. The van der Waals surface area contributed by atoms with Crippen LogP contribution < -0.4 is 5.32 Å². The number of carbonyl (C=O) groups excluding carboxylic acids is 1. The molecule has 0 bridgehead atoms. The highest BCUT2D eigenvalue weighted by Crippen LogP contribution is 2.30. The molecule has 1 amide bonds. The second-order valence-corrected chi connectivity index (χ2v) is 9.05. The maximum Gasteiger partial charge on any atom is 0.234 e. The second kappa shape index (κ2) is 8.27. The van der Waals surface area contributed by atoms with Gasteiger partial charge in [-0.1, -0.05) is 56.8 Å². The van der Waals surface area contributed by atoms with Crippen molar-refractivity contribution in [1.29, 1.82) is 0 Å². The van der Waals surface area contributed by atoms with E-state index >= 15 is 0 Å². The van der Waals surface area contributed by atoms with Gasteiger partial charge in [-0.05, 0) is 35.4 Å². The van der Waals surface area contributed by atoms with E-state index in [4.69, 9.17) is 0 Å². The molecule has 0 fully saturated rings. The molecule has 0 atom stereocenters. The molecule has 0 aliphatic carbocycles. The summed E-state index contributed by atoms with van der Waals surface area (Å²) >= 11 is 3.05. The molecule has 1 N–H and O–H groups in total. The van der Waals surface area contributed by atoms with Gasteiger partial charge in [0.2, 0.25) is 5.91 Å². The minimum absolute atomic E-state index is 0.0327. The number of thiophene rings is 1. The molecule has 3 aromatic rings. The summed E-state index contributed by atoms with van der Waals surface area (Å²) in [5.41, 5.74) is 1.96. The highest BCUT2D eigenvalue weighted by molar-refractivity contribution is 7.99. The van der Waals surface area contributed by atoms with Gasteiger partial charge in [0.25, 0.3) is 0 Å². The van der Waals surface area contributed by atoms with E-state index in [1.807, 2.05) is 40.3 Å². The van der Waals surface area contributed by atoms with Crippen LogP contribution in [0.1, 0.15) is 33.3 Å². The standard InChI is InChI=1S/C20H24N4OS2/c1-5-24-18(16-11-8-12-26-16)22-23-19(24)27-13-17(25)21-15-10-7-6-9-14(15)20(2,3)4/h6-12H,5,13H2,1-4H3,(H,21,25). The summed E-state index contributed by atoms with van der Waals surface area (Å²) in [7, 11) is 0.